The van der Waals surface area contributed by atoms with E-state index in [1.807, 2.05) is 0 Å². The van der Waals surface area contributed by atoms with Gasteiger partial charge in [-0.25, -0.2) is 4.99 Å². The zero-order valence-electron chi connectivity index (χ0n) is 31.0. The molecule has 8 aromatic rings. The number of furan rings is 1. The molecular weight excluding hydrogens is 683 g/mol. The Kier molecular flexibility index (Phi) is 7.80. The molecule has 268 valence electrons. The van der Waals surface area contributed by atoms with Crippen LogP contribution in [0.25, 0.3) is 66.1 Å². The SMILES string of the molecule is C1=CCCC(C2=C(c3ccccc3)C(C3=CC=CCC3)NC(c3ccc4c(c3)oc3cc(-c5cccc6c7ccccc7n(-c7ccccc7)c56)ccc34)=N2)=C1. The lowest BCUT2D eigenvalue weighted by Gasteiger charge is -2.33. The zero-order valence-corrected chi connectivity index (χ0v) is 31.0. The third-order valence-corrected chi connectivity index (χ3v) is 11.6. The van der Waals surface area contributed by atoms with Crippen molar-refractivity contribution in [3.63, 3.8) is 0 Å². The van der Waals surface area contributed by atoms with E-state index in [1.54, 1.807) is 0 Å². The van der Waals surface area contributed by atoms with Gasteiger partial charge in [-0.05, 0) is 90.4 Å². The normalized spacial score (nSPS) is 17.1. The summed E-state index contributed by atoms with van der Waals surface area (Å²) in [5.41, 5.74) is 14.7. The van der Waals surface area contributed by atoms with E-state index in [1.165, 1.54) is 49.7 Å². The van der Waals surface area contributed by atoms with Crippen molar-refractivity contribution in [1.29, 1.82) is 0 Å². The molecule has 2 aromatic heterocycles. The monoisotopic (exact) mass is 721 g/mol. The number of fused-ring (bicyclic) bond motifs is 6. The fourth-order valence-electron chi connectivity index (χ4n) is 8.99. The molecule has 1 aliphatic heterocycles. The molecule has 1 N–H and O–H groups in total. The second-order valence-electron chi connectivity index (χ2n) is 14.9. The number of allylic oxidation sites excluding steroid dienone is 7. The van der Waals surface area contributed by atoms with Crippen LogP contribution in [0.3, 0.4) is 0 Å². The van der Waals surface area contributed by atoms with Gasteiger partial charge in [-0.1, -0.05) is 134 Å². The molecule has 3 aliphatic rings. The van der Waals surface area contributed by atoms with Crippen LogP contribution in [0.2, 0.25) is 0 Å². The van der Waals surface area contributed by atoms with E-state index in [2.05, 4.69) is 186 Å². The Hall–Kier alpha value is -6.91. The number of para-hydroxylation sites is 3. The van der Waals surface area contributed by atoms with Gasteiger partial charge in [0, 0.05) is 43.9 Å². The molecule has 3 heterocycles. The van der Waals surface area contributed by atoms with E-state index in [9.17, 15) is 0 Å². The van der Waals surface area contributed by atoms with Crippen molar-refractivity contribution in [2.45, 2.75) is 31.7 Å². The molecule has 4 nitrogen and oxygen atoms in total. The maximum Gasteiger partial charge on any atom is 0.136 e. The van der Waals surface area contributed by atoms with Gasteiger partial charge in [0.05, 0.1) is 22.8 Å². The molecule has 1 unspecified atom stereocenters. The summed E-state index contributed by atoms with van der Waals surface area (Å²) in [4.78, 5) is 5.47. The van der Waals surface area contributed by atoms with Crippen LogP contribution in [0.15, 0.2) is 202 Å². The molecule has 0 amide bonds. The fourth-order valence-corrected chi connectivity index (χ4v) is 8.99. The molecule has 56 heavy (non-hydrogen) atoms. The first-order valence-electron chi connectivity index (χ1n) is 19.7. The quantitative estimate of drug-likeness (QED) is 0.186. The minimum Gasteiger partial charge on any atom is -0.456 e. The third kappa shape index (κ3) is 5.40. The number of hydrogen-bond donors (Lipinski definition) is 1. The highest BCUT2D eigenvalue weighted by molar-refractivity contribution is 6.15. The molecular formula is C52H39N3O. The van der Waals surface area contributed by atoms with Gasteiger partial charge in [-0.15, -0.1) is 0 Å². The van der Waals surface area contributed by atoms with E-state index in [0.29, 0.717) is 0 Å². The van der Waals surface area contributed by atoms with Crippen molar-refractivity contribution in [3.8, 4) is 16.8 Å². The lowest BCUT2D eigenvalue weighted by Crippen LogP contribution is -2.41. The highest BCUT2D eigenvalue weighted by Gasteiger charge is 2.31. The molecule has 1 atom stereocenters. The number of aliphatic imine (C=N–C) groups is 1. The smallest absolute Gasteiger partial charge is 0.136 e. The van der Waals surface area contributed by atoms with E-state index in [4.69, 9.17) is 9.41 Å². The molecule has 4 heteroatoms. The summed E-state index contributed by atoms with van der Waals surface area (Å²) in [5, 5.41) is 8.62. The number of aromatic nitrogens is 1. The van der Waals surface area contributed by atoms with Gasteiger partial charge < -0.3 is 14.3 Å². The van der Waals surface area contributed by atoms with Crippen LogP contribution >= 0.6 is 0 Å². The van der Waals surface area contributed by atoms with Gasteiger partial charge in [0.2, 0.25) is 0 Å². The summed E-state index contributed by atoms with van der Waals surface area (Å²) in [6, 6.07) is 50.0. The summed E-state index contributed by atoms with van der Waals surface area (Å²) in [6.45, 7) is 0. The predicted molar refractivity (Wildman–Crippen MR) is 233 cm³/mol. The van der Waals surface area contributed by atoms with Crippen molar-refractivity contribution in [2.75, 3.05) is 0 Å². The second kappa shape index (κ2) is 13.4. The zero-order chi connectivity index (χ0) is 37.0. The number of nitrogens with zero attached hydrogens (tertiary/aromatic N) is 2. The molecule has 0 bridgehead atoms. The van der Waals surface area contributed by atoms with Gasteiger partial charge in [0.1, 0.15) is 17.0 Å². The molecule has 2 aliphatic carbocycles. The molecule has 0 saturated heterocycles. The number of rotatable bonds is 6. The van der Waals surface area contributed by atoms with Gasteiger partial charge in [-0.2, -0.15) is 0 Å². The minimum absolute atomic E-state index is 0.000208. The molecule has 11 rings (SSSR count). The van der Waals surface area contributed by atoms with Crippen LogP contribution in [0.1, 0.15) is 36.8 Å². The Balaban J connectivity index is 1.05. The van der Waals surface area contributed by atoms with Gasteiger partial charge in [0.15, 0.2) is 0 Å². The predicted octanol–water partition coefficient (Wildman–Crippen LogP) is 13.0. The average Bonchev–Trinajstić information content (AvgIpc) is 3.82. The highest BCUT2D eigenvalue weighted by Crippen LogP contribution is 2.41. The molecule has 0 spiro atoms. The topological polar surface area (TPSA) is 42.5 Å². The van der Waals surface area contributed by atoms with E-state index >= 15 is 0 Å². The van der Waals surface area contributed by atoms with Crippen LogP contribution in [-0.4, -0.2) is 16.4 Å². The van der Waals surface area contributed by atoms with Crippen molar-refractivity contribution in [1.82, 2.24) is 9.88 Å². The lowest BCUT2D eigenvalue weighted by atomic mass is 9.83. The number of amidine groups is 1. The maximum atomic E-state index is 6.77. The number of benzene rings is 6. The lowest BCUT2D eigenvalue weighted by molar-refractivity contribution is 0.669. The number of hydrogen-bond acceptors (Lipinski definition) is 3. The summed E-state index contributed by atoms with van der Waals surface area (Å²) in [5.74, 6) is 0.874. The largest absolute Gasteiger partial charge is 0.456 e. The van der Waals surface area contributed by atoms with Gasteiger partial charge >= 0.3 is 0 Å². The Bertz CT molecular complexity index is 3040. The van der Waals surface area contributed by atoms with Crippen LogP contribution in [-0.2, 0) is 0 Å². The Labute approximate surface area is 325 Å². The molecule has 6 aromatic carbocycles. The van der Waals surface area contributed by atoms with Crippen molar-refractivity contribution < 1.29 is 4.42 Å². The second-order valence-corrected chi connectivity index (χ2v) is 14.9. The van der Waals surface area contributed by atoms with Crippen LogP contribution in [0.5, 0.6) is 0 Å². The summed E-state index contributed by atoms with van der Waals surface area (Å²) in [7, 11) is 0. The Morgan fingerprint density at radius 3 is 2.05 bits per heavy atom. The van der Waals surface area contributed by atoms with E-state index in [-0.39, 0.29) is 6.04 Å². The van der Waals surface area contributed by atoms with Crippen LogP contribution < -0.4 is 5.32 Å². The van der Waals surface area contributed by atoms with Crippen molar-refractivity contribution in [2.24, 2.45) is 4.99 Å². The van der Waals surface area contributed by atoms with Crippen LogP contribution in [0, 0.1) is 0 Å². The third-order valence-electron chi connectivity index (χ3n) is 11.6. The summed E-state index contributed by atoms with van der Waals surface area (Å²) < 4.78 is 9.16. The molecule has 0 fully saturated rings. The van der Waals surface area contributed by atoms with Gasteiger partial charge in [0.25, 0.3) is 0 Å². The molecule has 0 saturated carbocycles. The Morgan fingerprint density at radius 2 is 1.29 bits per heavy atom. The first-order valence-corrected chi connectivity index (χ1v) is 19.7. The van der Waals surface area contributed by atoms with Crippen molar-refractivity contribution in [3.05, 3.63) is 204 Å². The standard InChI is InChI=1S/C52H39N3O/c1-5-16-34(17-6-1)48-49(35-18-7-2-8-19-35)53-52(54-50(48)36-20-9-3-10-21-36)38-29-31-43-42-30-28-37(32-46(42)56-47(43)33-38)40-25-15-26-44-41-24-13-14-27-45(41)55(51(40)44)39-22-11-4-12-23-39/h1-7,9,11-18,20,22-33,49H,8,10,19,21H2,(H,53,54). The maximum absolute atomic E-state index is 6.77. The highest BCUT2D eigenvalue weighted by atomic mass is 16.3. The minimum atomic E-state index is -0.000208. The number of nitrogens with one attached hydrogen (secondary N) is 1. The Morgan fingerprint density at radius 1 is 0.589 bits per heavy atom. The van der Waals surface area contributed by atoms with E-state index < -0.39 is 0 Å². The molecule has 0 radical (unpaired) electrons. The van der Waals surface area contributed by atoms with Crippen molar-refractivity contribution >= 4 is 55.2 Å². The summed E-state index contributed by atoms with van der Waals surface area (Å²) >= 11 is 0. The first-order chi connectivity index (χ1) is 27.8. The fraction of sp³-hybridized carbons (Fsp3) is 0.0962. The average molecular weight is 722 g/mol. The summed E-state index contributed by atoms with van der Waals surface area (Å²) in [6.07, 6.45) is 17.5. The van der Waals surface area contributed by atoms with Gasteiger partial charge in [-0.3, -0.25) is 0 Å². The van der Waals surface area contributed by atoms with E-state index in [0.717, 1.165) is 76.0 Å². The van der Waals surface area contributed by atoms with Crippen LogP contribution in [0.4, 0.5) is 0 Å². The first kappa shape index (κ1) is 32.5.